The zero-order chi connectivity index (χ0) is 22.8. The molecule has 2 aromatic carbocycles. The maximum Gasteiger partial charge on any atom is 0.419 e. The molecule has 0 saturated heterocycles. The monoisotopic (exact) mass is 471 g/mol. The molecular formula is C21H17F4NO3S2. The number of nitrogens with zero attached hydrogens (tertiary/aromatic N) is 1. The largest absolute Gasteiger partial charge is 0.482 e. The number of thioether (sulfide) groups is 1. The van der Waals surface area contributed by atoms with E-state index in [1.807, 2.05) is 26.0 Å². The molecule has 0 amide bonds. The van der Waals surface area contributed by atoms with Crippen LogP contribution in [0.15, 0.2) is 41.3 Å². The van der Waals surface area contributed by atoms with Crippen molar-refractivity contribution in [1.29, 1.82) is 0 Å². The first-order chi connectivity index (χ1) is 14.5. The van der Waals surface area contributed by atoms with Gasteiger partial charge in [0.05, 0.1) is 11.3 Å². The second-order valence-electron chi connectivity index (χ2n) is 6.61. The summed E-state index contributed by atoms with van der Waals surface area (Å²) in [4.78, 5) is 16.9. The third-order valence-electron chi connectivity index (χ3n) is 4.29. The van der Waals surface area contributed by atoms with Gasteiger partial charge in [0.15, 0.2) is 6.61 Å². The van der Waals surface area contributed by atoms with E-state index >= 15 is 0 Å². The molecule has 10 heteroatoms. The number of alkyl halides is 3. The van der Waals surface area contributed by atoms with Crippen LogP contribution in [0.25, 0.3) is 10.6 Å². The van der Waals surface area contributed by atoms with Crippen molar-refractivity contribution in [1.82, 2.24) is 4.98 Å². The molecule has 0 aliphatic heterocycles. The molecule has 1 heterocycles. The van der Waals surface area contributed by atoms with Crippen molar-refractivity contribution < 1.29 is 32.2 Å². The standard InChI is InChI=1S/C21H17F4NO3S2/c1-11-7-14(4-6-18(11)29-9-19(27)28)30-10-17-12(2)31-20(26-17)13-3-5-15(16(22)8-13)21(23,24)25/h3-8H,9-10H2,1-2H3,(H,27,28). The molecule has 3 aromatic rings. The van der Waals surface area contributed by atoms with Crippen molar-refractivity contribution in [2.45, 2.75) is 30.7 Å². The quantitative estimate of drug-likeness (QED) is 0.322. The zero-order valence-electron chi connectivity index (χ0n) is 16.4. The van der Waals surface area contributed by atoms with Crippen molar-refractivity contribution in [2.24, 2.45) is 0 Å². The summed E-state index contributed by atoms with van der Waals surface area (Å²) in [6.07, 6.45) is -4.74. The number of aromatic nitrogens is 1. The summed E-state index contributed by atoms with van der Waals surface area (Å²) in [5.41, 5.74) is 0.549. The van der Waals surface area contributed by atoms with Gasteiger partial charge >= 0.3 is 12.1 Å². The summed E-state index contributed by atoms with van der Waals surface area (Å²) in [5, 5.41) is 9.15. The molecule has 1 N–H and O–H groups in total. The molecule has 0 atom stereocenters. The molecule has 0 aliphatic rings. The summed E-state index contributed by atoms with van der Waals surface area (Å²) in [5.74, 6) is -1.38. The Bertz CT molecular complexity index is 1110. The molecule has 1 aromatic heterocycles. The minimum atomic E-state index is -4.74. The van der Waals surface area contributed by atoms with Crippen LogP contribution in [-0.2, 0) is 16.7 Å². The lowest BCUT2D eigenvalue weighted by Crippen LogP contribution is -2.09. The summed E-state index contributed by atoms with van der Waals surface area (Å²) in [7, 11) is 0. The minimum Gasteiger partial charge on any atom is -0.482 e. The zero-order valence-corrected chi connectivity index (χ0v) is 18.1. The van der Waals surface area contributed by atoms with Crippen molar-refractivity contribution in [3.63, 3.8) is 0 Å². The van der Waals surface area contributed by atoms with E-state index in [9.17, 15) is 22.4 Å². The smallest absolute Gasteiger partial charge is 0.419 e. The molecular weight excluding hydrogens is 454 g/mol. The van der Waals surface area contributed by atoms with Crippen LogP contribution in [0.5, 0.6) is 5.75 Å². The van der Waals surface area contributed by atoms with Crippen molar-refractivity contribution in [3.05, 3.63) is 63.9 Å². The molecule has 0 radical (unpaired) electrons. The van der Waals surface area contributed by atoms with Crippen molar-refractivity contribution in [2.75, 3.05) is 6.61 Å². The molecule has 0 bridgehead atoms. The Morgan fingerprint density at radius 1 is 1.19 bits per heavy atom. The van der Waals surface area contributed by atoms with E-state index in [2.05, 4.69) is 4.98 Å². The number of aliphatic carboxylic acids is 1. The average Bonchev–Trinajstić information content (AvgIpc) is 3.05. The summed E-state index contributed by atoms with van der Waals surface area (Å²) in [6, 6.07) is 8.19. The fourth-order valence-electron chi connectivity index (χ4n) is 2.73. The number of hydrogen-bond acceptors (Lipinski definition) is 5. The Hall–Kier alpha value is -2.59. The highest BCUT2D eigenvalue weighted by Gasteiger charge is 2.34. The Kier molecular flexibility index (Phi) is 6.90. The van der Waals surface area contributed by atoms with Crippen LogP contribution < -0.4 is 4.74 Å². The lowest BCUT2D eigenvalue weighted by molar-refractivity contribution is -0.140. The predicted molar refractivity (Wildman–Crippen MR) is 111 cm³/mol. The van der Waals surface area contributed by atoms with Crippen LogP contribution >= 0.6 is 23.1 Å². The average molecular weight is 471 g/mol. The minimum absolute atomic E-state index is 0.297. The normalized spacial score (nSPS) is 11.5. The van der Waals surface area contributed by atoms with Gasteiger partial charge in [-0.05, 0) is 49.7 Å². The second-order valence-corrected chi connectivity index (χ2v) is 8.86. The van der Waals surface area contributed by atoms with Crippen LogP contribution in [-0.4, -0.2) is 22.7 Å². The third-order valence-corrected chi connectivity index (χ3v) is 6.35. The number of hydrogen-bond donors (Lipinski definition) is 1. The maximum atomic E-state index is 13.9. The van der Waals surface area contributed by atoms with Gasteiger partial charge in [0.1, 0.15) is 16.6 Å². The first kappa shape index (κ1) is 23.1. The van der Waals surface area contributed by atoms with E-state index in [0.29, 0.717) is 22.1 Å². The van der Waals surface area contributed by atoms with E-state index in [0.717, 1.165) is 33.2 Å². The molecule has 0 unspecified atom stereocenters. The van der Waals surface area contributed by atoms with Gasteiger partial charge in [-0.3, -0.25) is 0 Å². The summed E-state index contributed by atoms with van der Waals surface area (Å²) < 4.78 is 57.4. The van der Waals surface area contributed by atoms with Crippen molar-refractivity contribution in [3.8, 4) is 16.3 Å². The molecule has 164 valence electrons. The highest BCUT2D eigenvalue weighted by Crippen LogP contribution is 2.36. The van der Waals surface area contributed by atoms with Crippen LogP contribution in [0, 0.1) is 19.7 Å². The van der Waals surface area contributed by atoms with Crippen molar-refractivity contribution >= 4 is 29.1 Å². The topological polar surface area (TPSA) is 59.4 Å². The number of halogens is 4. The van der Waals surface area contributed by atoms with Gasteiger partial charge in [-0.1, -0.05) is 6.07 Å². The lowest BCUT2D eigenvalue weighted by atomic mass is 10.1. The fraction of sp³-hybridized carbons (Fsp3) is 0.238. The van der Waals surface area contributed by atoms with Gasteiger partial charge in [-0.2, -0.15) is 13.2 Å². The molecule has 3 rings (SSSR count). The molecule has 0 saturated carbocycles. The van der Waals surface area contributed by atoms with E-state index in [4.69, 9.17) is 9.84 Å². The van der Waals surface area contributed by atoms with Crippen LogP contribution in [0.3, 0.4) is 0 Å². The number of rotatable bonds is 7. The summed E-state index contributed by atoms with van der Waals surface area (Å²) >= 11 is 2.79. The number of carboxylic acid groups (broad SMARTS) is 1. The maximum absolute atomic E-state index is 13.9. The first-order valence-corrected chi connectivity index (χ1v) is 10.8. The number of thiazole rings is 1. The van der Waals surface area contributed by atoms with Gasteiger partial charge in [0, 0.05) is 21.1 Å². The molecule has 4 nitrogen and oxygen atoms in total. The SMILES string of the molecule is Cc1cc(SCc2nc(-c3ccc(C(F)(F)F)c(F)c3)sc2C)ccc1OCC(=O)O. The number of benzene rings is 2. The highest BCUT2D eigenvalue weighted by molar-refractivity contribution is 7.98. The van der Waals surface area contributed by atoms with Gasteiger partial charge in [0.2, 0.25) is 0 Å². The second kappa shape index (κ2) is 9.27. The van der Waals surface area contributed by atoms with Gasteiger partial charge in [-0.25, -0.2) is 14.2 Å². The summed E-state index contributed by atoms with van der Waals surface area (Å²) in [6.45, 7) is 3.25. The Morgan fingerprint density at radius 3 is 2.55 bits per heavy atom. The molecule has 0 fully saturated rings. The van der Waals surface area contributed by atoms with Crippen LogP contribution in [0.2, 0.25) is 0 Å². The highest BCUT2D eigenvalue weighted by atomic mass is 32.2. The Morgan fingerprint density at radius 2 is 1.94 bits per heavy atom. The predicted octanol–water partition coefficient (Wildman–Crippen LogP) is 6.34. The van der Waals surface area contributed by atoms with Crippen LogP contribution in [0.1, 0.15) is 21.7 Å². The Labute approximate surface area is 183 Å². The van der Waals surface area contributed by atoms with E-state index in [1.165, 1.54) is 29.2 Å². The number of aryl methyl sites for hydroxylation is 2. The van der Waals surface area contributed by atoms with E-state index in [1.54, 1.807) is 6.07 Å². The number of carbonyl (C=O) groups is 1. The van der Waals surface area contributed by atoms with Gasteiger partial charge < -0.3 is 9.84 Å². The fourth-order valence-corrected chi connectivity index (χ4v) is 4.75. The Balaban J connectivity index is 1.71. The van der Waals surface area contributed by atoms with E-state index < -0.39 is 30.1 Å². The van der Waals surface area contributed by atoms with Gasteiger partial charge in [-0.15, -0.1) is 23.1 Å². The lowest BCUT2D eigenvalue weighted by Gasteiger charge is -2.09. The third kappa shape index (κ3) is 5.76. The first-order valence-electron chi connectivity index (χ1n) is 8.96. The van der Waals surface area contributed by atoms with Gasteiger partial charge in [0.25, 0.3) is 0 Å². The molecule has 0 spiro atoms. The molecule has 0 aliphatic carbocycles. The number of carboxylic acids is 1. The molecule has 31 heavy (non-hydrogen) atoms. The number of ether oxygens (including phenoxy) is 1. The van der Waals surface area contributed by atoms with E-state index in [-0.39, 0.29) is 0 Å². The van der Waals surface area contributed by atoms with Crippen LogP contribution in [0.4, 0.5) is 17.6 Å².